The van der Waals surface area contributed by atoms with Gasteiger partial charge in [0.25, 0.3) is 0 Å². The number of carbonyl (C=O) groups is 2. The largest absolute Gasteiger partial charge is 0.443 e. The Labute approximate surface area is 166 Å². The Balaban J connectivity index is 2.50. The third-order valence-corrected chi connectivity index (χ3v) is 3.57. The fourth-order valence-electron chi connectivity index (χ4n) is 2.52. The van der Waals surface area contributed by atoms with Crippen molar-refractivity contribution in [1.82, 2.24) is 9.80 Å². The summed E-state index contributed by atoms with van der Waals surface area (Å²) in [4.78, 5) is 32.4. The molecule has 0 unspecified atom stereocenters. The second kappa shape index (κ2) is 8.04. The number of likely N-dealkylation sites (N-methyl/N-ethyl adjacent to an activating group) is 1. The van der Waals surface area contributed by atoms with Crippen molar-refractivity contribution in [2.24, 2.45) is 4.99 Å². The highest BCUT2D eigenvalue weighted by atomic mass is 16.6. The summed E-state index contributed by atoms with van der Waals surface area (Å²) in [5.74, 6) is 0.157. The summed E-state index contributed by atoms with van der Waals surface area (Å²) < 4.78 is 10.9. The van der Waals surface area contributed by atoms with Gasteiger partial charge in [-0.3, -0.25) is 0 Å². The zero-order valence-electron chi connectivity index (χ0n) is 17.6. The molecule has 0 N–H and O–H groups in total. The van der Waals surface area contributed by atoms with Crippen molar-refractivity contribution in [3.63, 3.8) is 0 Å². The van der Waals surface area contributed by atoms with Crippen molar-refractivity contribution in [3.8, 4) is 0 Å². The molecule has 0 radical (unpaired) electrons. The lowest BCUT2D eigenvalue weighted by Gasteiger charge is -2.36. The first kappa shape index (κ1) is 21.5. The summed E-state index contributed by atoms with van der Waals surface area (Å²) in [5.41, 5.74) is 0.0309. The van der Waals surface area contributed by atoms with E-state index in [0.717, 1.165) is 5.56 Å². The summed E-state index contributed by atoms with van der Waals surface area (Å²) in [7, 11) is 1.75. The van der Waals surface area contributed by atoms with E-state index in [1.807, 2.05) is 36.4 Å². The number of rotatable bonds is 1. The van der Waals surface area contributed by atoms with Gasteiger partial charge >= 0.3 is 12.2 Å². The molecule has 1 aliphatic heterocycles. The lowest BCUT2D eigenvalue weighted by atomic mass is 10.1. The number of hydrogen-bond acceptors (Lipinski definition) is 4. The van der Waals surface area contributed by atoms with Crippen LogP contribution in [-0.2, 0) is 9.47 Å². The molecule has 0 bridgehead atoms. The van der Waals surface area contributed by atoms with Gasteiger partial charge in [-0.25, -0.2) is 14.5 Å². The maximum Gasteiger partial charge on any atom is 0.437 e. The van der Waals surface area contributed by atoms with Crippen LogP contribution in [0.5, 0.6) is 0 Å². The van der Waals surface area contributed by atoms with E-state index in [-0.39, 0.29) is 5.96 Å². The van der Waals surface area contributed by atoms with Gasteiger partial charge in [0, 0.05) is 13.6 Å². The summed E-state index contributed by atoms with van der Waals surface area (Å²) >= 11 is 0. The smallest absolute Gasteiger partial charge is 0.437 e. The minimum atomic E-state index is -0.766. The number of nitrogens with zero attached hydrogens (tertiary/aromatic N) is 3. The Hall–Kier alpha value is -2.83. The first-order valence-electron chi connectivity index (χ1n) is 9.19. The predicted molar refractivity (Wildman–Crippen MR) is 109 cm³/mol. The highest BCUT2D eigenvalue weighted by Gasteiger charge is 2.35. The summed E-state index contributed by atoms with van der Waals surface area (Å²) in [6, 6.07) is 9.44. The molecule has 2 amide bonds. The van der Waals surface area contributed by atoms with Crippen LogP contribution in [0, 0.1) is 0 Å². The molecule has 28 heavy (non-hydrogen) atoms. The molecule has 1 aromatic rings. The van der Waals surface area contributed by atoms with Gasteiger partial charge in [0.1, 0.15) is 11.2 Å². The molecule has 1 aliphatic rings. The van der Waals surface area contributed by atoms with Crippen LogP contribution in [-0.4, -0.2) is 52.7 Å². The van der Waals surface area contributed by atoms with Gasteiger partial charge in [-0.15, -0.1) is 4.99 Å². The predicted octanol–water partition coefficient (Wildman–Crippen LogP) is 4.50. The number of guanidine groups is 1. The first-order chi connectivity index (χ1) is 12.9. The molecule has 0 saturated carbocycles. The number of benzene rings is 1. The second-order valence-electron chi connectivity index (χ2n) is 8.54. The van der Waals surface area contributed by atoms with Gasteiger partial charge in [0.05, 0.1) is 5.70 Å². The van der Waals surface area contributed by atoms with E-state index < -0.39 is 23.4 Å². The first-order valence-corrected chi connectivity index (χ1v) is 9.19. The van der Waals surface area contributed by atoms with Crippen LogP contribution in [0.1, 0.15) is 47.1 Å². The highest BCUT2D eigenvalue weighted by Crippen LogP contribution is 2.27. The van der Waals surface area contributed by atoms with Gasteiger partial charge in [0.15, 0.2) is 0 Å². The van der Waals surface area contributed by atoms with Gasteiger partial charge in [-0.1, -0.05) is 30.3 Å². The molecule has 0 saturated heterocycles. The van der Waals surface area contributed by atoms with Crippen LogP contribution in [0.25, 0.3) is 5.70 Å². The standard InChI is InChI=1S/C21H29N3O4/c1-20(2,3)27-18(25)22-17-23(7)14-13-16(15-11-9-8-10-12-15)24(17)19(26)28-21(4,5)6/h8-13H,14H2,1-7H3/b22-17+. The molecular formula is C21H29N3O4. The molecular weight excluding hydrogens is 358 g/mol. The fourth-order valence-corrected chi connectivity index (χ4v) is 2.52. The quantitative estimate of drug-likeness (QED) is 0.709. The minimum absolute atomic E-state index is 0.157. The van der Waals surface area contributed by atoms with Gasteiger partial charge in [-0.05, 0) is 53.2 Å². The van der Waals surface area contributed by atoms with Crippen LogP contribution < -0.4 is 0 Å². The molecule has 0 atom stereocenters. The van der Waals surface area contributed by atoms with Crippen molar-refractivity contribution < 1.29 is 19.1 Å². The fraction of sp³-hybridized carbons (Fsp3) is 0.476. The SMILES string of the molecule is CN1CC=C(c2ccccc2)N(C(=O)OC(C)(C)C)/C1=N/C(=O)OC(C)(C)C. The minimum Gasteiger partial charge on any atom is -0.443 e. The lowest BCUT2D eigenvalue weighted by molar-refractivity contribution is 0.0420. The third kappa shape index (κ3) is 5.84. The third-order valence-electron chi connectivity index (χ3n) is 3.57. The second-order valence-corrected chi connectivity index (χ2v) is 8.54. The monoisotopic (exact) mass is 387 g/mol. The van der Waals surface area contributed by atoms with Gasteiger partial charge < -0.3 is 14.4 Å². The number of carbonyl (C=O) groups excluding carboxylic acids is 2. The van der Waals surface area contributed by atoms with E-state index in [2.05, 4.69) is 4.99 Å². The highest BCUT2D eigenvalue weighted by molar-refractivity contribution is 6.07. The van der Waals surface area contributed by atoms with Gasteiger partial charge in [-0.2, -0.15) is 0 Å². The molecule has 152 valence electrons. The summed E-state index contributed by atoms with van der Waals surface area (Å²) in [6.45, 7) is 11.1. The normalized spacial score (nSPS) is 16.7. The number of ether oxygens (including phenoxy) is 2. The molecule has 2 rings (SSSR count). The molecule has 0 aromatic heterocycles. The van der Waals surface area contributed by atoms with E-state index >= 15 is 0 Å². The van der Waals surface area contributed by atoms with Crippen molar-refractivity contribution in [1.29, 1.82) is 0 Å². The Bertz CT molecular complexity index is 786. The lowest BCUT2D eigenvalue weighted by Crippen LogP contribution is -2.50. The summed E-state index contributed by atoms with van der Waals surface area (Å²) in [5, 5.41) is 0. The molecule has 1 heterocycles. The molecule has 0 aliphatic carbocycles. The van der Waals surface area contributed by atoms with Crippen molar-refractivity contribution in [3.05, 3.63) is 42.0 Å². The van der Waals surface area contributed by atoms with E-state index in [1.165, 1.54) is 4.90 Å². The van der Waals surface area contributed by atoms with E-state index in [9.17, 15) is 9.59 Å². The molecule has 7 nitrogen and oxygen atoms in total. The summed E-state index contributed by atoms with van der Waals surface area (Å²) in [6.07, 6.45) is 0.515. The maximum atomic E-state index is 13.0. The maximum absolute atomic E-state index is 13.0. The Morgan fingerprint density at radius 2 is 1.54 bits per heavy atom. The van der Waals surface area contributed by atoms with Crippen LogP contribution in [0.4, 0.5) is 9.59 Å². The van der Waals surface area contributed by atoms with E-state index in [1.54, 1.807) is 53.5 Å². The van der Waals surface area contributed by atoms with Crippen molar-refractivity contribution in [2.75, 3.05) is 13.6 Å². The Kier molecular flexibility index (Phi) is 6.17. The average molecular weight is 387 g/mol. The topological polar surface area (TPSA) is 71.4 Å². The zero-order chi connectivity index (χ0) is 21.1. The van der Waals surface area contributed by atoms with E-state index in [4.69, 9.17) is 9.47 Å². The zero-order valence-corrected chi connectivity index (χ0v) is 17.6. The Morgan fingerprint density at radius 3 is 2.07 bits per heavy atom. The van der Waals surface area contributed by atoms with Crippen molar-refractivity contribution in [2.45, 2.75) is 52.7 Å². The van der Waals surface area contributed by atoms with Crippen LogP contribution in [0.2, 0.25) is 0 Å². The van der Waals surface area contributed by atoms with Crippen LogP contribution >= 0.6 is 0 Å². The molecule has 1 aromatic carbocycles. The van der Waals surface area contributed by atoms with Crippen LogP contribution in [0.15, 0.2) is 41.4 Å². The number of aliphatic imine (C=N–C) groups is 1. The molecule has 0 fully saturated rings. The molecule has 7 heteroatoms. The van der Waals surface area contributed by atoms with Gasteiger partial charge in [0.2, 0.25) is 5.96 Å². The number of amides is 2. The van der Waals surface area contributed by atoms with E-state index in [0.29, 0.717) is 12.2 Å². The van der Waals surface area contributed by atoms with Crippen molar-refractivity contribution >= 4 is 23.8 Å². The number of hydrogen-bond donors (Lipinski definition) is 0. The van der Waals surface area contributed by atoms with Crippen LogP contribution in [0.3, 0.4) is 0 Å². The molecule has 0 spiro atoms. The Morgan fingerprint density at radius 1 is 0.964 bits per heavy atom. The average Bonchev–Trinajstić information content (AvgIpc) is 2.54.